The van der Waals surface area contributed by atoms with Crippen LogP contribution in [-0.2, 0) is 30.6 Å². The van der Waals surface area contributed by atoms with Crippen LogP contribution in [0.4, 0.5) is 0 Å². The second-order valence-corrected chi connectivity index (χ2v) is 20.2. The molecule has 0 spiro atoms. The van der Waals surface area contributed by atoms with Crippen molar-refractivity contribution in [3.63, 3.8) is 0 Å². The van der Waals surface area contributed by atoms with E-state index in [1.807, 2.05) is 64.2 Å². The van der Waals surface area contributed by atoms with Gasteiger partial charge in [-0.15, -0.1) is 8.07 Å². The monoisotopic (exact) mass is 530 g/mol. The Hall–Kier alpha value is 1.02. The maximum Gasteiger partial charge on any atom is 2.00 e. The molecule has 2 atom stereocenters. The standard InChI is InChI=1S/C17H34OSi2.2C5H5.Zr/c1-14-15(13-19(5,6)7)11-10-12-16(14)18-20(8,9)17(2,3)4;2*1-2-4-5-3-1;/h14,16H,1,10-12H2,2-9H3;2*1-5H;/q-2;;;+2/t14-,16-;;;/m0.../s1. The number of rotatable bonds is 3. The van der Waals surface area contributed by atoms with Crippen LogP contribution in [-0.4, -0.2) is 22.5 Å². The van der Waals surface area contributed by atoms with Crippen LogP contribution >= 0.6 is 0 Å². The molecular weight excluding hydrogens is 488 g/mol. The van der Waals surface area contributed by atoms with Gasteiger partial charge in [-0.2, -0.15) is 5.92 Å². The summed E-state index contributed by atoms with van der Waals surface area (Å²) in [5, 5.41) is 0.274. The van der Waals surface area contributed by atoms with Gasteiger partial charge in [-0.25, -0.2) is 0 Å². The van der Waals surface area contributed by atoms with E-state index in [-0.39, 0.29) is 31.2 Å². The molecule has 170 valence electrons. The summed E-state index contributed by atoms with van der Waals surface area (Å²) < 4.78 is 6.63. The Morgan fingerprint density at radius 3 is 1.55 bits per heavy atom. The normalized spacial score (nSPS) is 25.8. The van der Waals surface area contributed by atoms with Crippen LogP contribution in [0.15, 0.2) is 5.57 Å². The van der Waals surface area contributed by atoms with Gasteiger partial charge in [0, 0.05) is 6.10 Å². The summed E-state index contributed by atoms with van der Waals surface area (Å²) >= 11 is 0. The molecule has 0 saturated heterocycles. The van der Waals surface area contributed by atoms with E-state index in [9.17, 15) is 0 Å². The molecule has 0 aromatic carbocycles. The van der Waals surface area contributed by atoms with Crippen LogP contribution in [0, 0.1) is 82.7 Å². The van der Waals surface area contributed by atoms with Gasteiger partial charge in [0.25, 0.3) is 0 Å². The van der Waals surface area contributed by atoms with Gasteiger partial charge >= 0.3 is 26.2 Å². The van der Waals surface area contributed by atoms with E-state index in [1.165, 1.54) is 18.4 Å². The molecule has 0 aliphatic heterocycles. The molecule has 0 N–H and O–H groups in total. The molecule has 4 heteroatoms. The van der Waals surface area contributed by atoms with Gasteiger partial charge in [0.2, 0.25) is 0 Å². The molecule has 0 unspecified atom stereocenters. The van der Waals surface area contributed by atoms with Crippen LogP contribution in [0.5, 0.6) is 0 Å². The topological polar surface area (TPSA) is 9.23 Å². The molecule has 1 nitrogen and oxygen atoms in total. The molecule has 3 fully saturated rings. The van der Waals surface area contributed by atoms with Crippen molar-refractivity contribution in [3.05, 3.63) is 82.4 Å². The number of hydrogen-bond acceptors (Lipinski definition) is 1. The maximum absolute atomic E-state index is 6.63. The van der Waals surface area contributed by atoms with Crippen LogP contribution in [0.3, 0.4) is 0 Å². The second kappa shape index (κ2) is 15.1. The van der Waals surface area contributed by atoms with Crippen molar-refractivity contribution >= 4 is 16.4 Å². The molecule has 3 rings (SSSR count). The Kier molecular flexibility index (Phi) is 15.6. The van der Waals surface area contributed by atoms with Gasteiger partial charge in [-0.1, -0.05) is 46.8 Å². The van der Waals surface area contributed by atoms with E-state index in [0.717, 1.165) is 6.42 Å². The van der Waals surface area contributed by atoms with Gasteiger partial charge in [0.1, 0.15) is 0 Å². The van der Waals surface area contributed by atoms with Crippen molar-refractivity contribution in [1.29, 1.82) is 0 Å². The Morgan fingerprint density at radius 2 is 1.23 bits per heavy atom. The van der Waals surface area contributed by atoms with Crippen molar-refractivity contribution in [2.45, 2.75) is 83.9 Å². The molecule has 0 bridgehead atoms. The van der Waals surface area contributed by atoms with Crippen LogP contribution < -0.4 is 0 Å². The zero-order valence-electron chi connectivity index (χ0n) is 21.2. The largest absolute Gasteiger partial charge is 2.00 e. The Labute approximate surface area is 218 Å². The predicted octanol–water partition coefficient (Wildman–Crippen LogP) is 7.66. The summed E-state index contributed by atoms with van der Waals surface area (Å²) in [6.07, 6.45) is 23.9. The molecule has 3 aliphatic rings. The molecule has 31 heavy (non-hydrogen) atoms. The zero-order chi connectivity index (χ0) is 22.8. The summed E-state index contributed by atoms with van der Waals surface area (Å²) in [5.74, 6) is 0.310. The van der Waals surface area contributed by atoms with Crippen molar-refractivity contribution in [1.82, 2.24) is 0 Å². The van der Waals surface area contributed by atoms with E-state index in [0.29, 0.717) is 12.0 Å². The fourth-order valence-electron chi connectivity index (χ4n) is 3.08. The first-order valence-electron chi connectivity index (χ1n) is 11.3. The smallest absolute Gasteiger partial charge is 0.500 e. The SMILES string of the molecule is [CH2-][C@H]1C(=[C-][Si](C)(C)C)CCC[C@@H]1O[Si](C)(C)C(C)(C)C.[CH]1[CH][CH][CH][CH]1.[CH]1[CH][CH][CH][CH]1.[Zr+2]. The second-order valence-electron chi connectivity index (χ2n) is 10.7. The molecule has 0 aromatic heterocycles. The summed E-state index contributed by atoms with van der Waals surface area (Å²) in [6, 6.07) is 0. The zero-order valence-corrected chi connectivity index (χ0v) is 25.6. The van der Waals surface area contributed by atoms with Crippen LogP contribution in [0.25, 0.3) is 0 Å². The Morgan fingerprint density at radius 1 is 0.839 bits per heavy atom. The summed E-state index contributed by atoms with van der Waals surface area (Å²) in [4.78, 5) is 0. The quantitative estimate of drug-likeness (QED) is 0.268. The van der Waals surface area contributed by atoms with Gasteiger partial charge < -0.3 is 17.0 Å². The first kappa shape index (κ1) is 32.0. The average Bonchev–Trinajstić information content (AvgIpc) is 3.34. The molecule has 0 heterocycles. The summed E-state index contributed by atoms with van der Waals surface area (Å²) in [6.45, 7) is 23.1. The van der Waals surface area contributed by atoms with E-state index < -0.39 is 16.4 Å². The maximum atomic E-state index is 6.63. The van der Waals surface area contributed by atoms with E-state index in [2.05, 4.69) is 66.1 Å². The summed E-state index contributed by atoms with van der Waals surface area (Å²) in [5.41, 5.74) is 5.23. The fourth-order valence-corrected chi connectivity index (χ4v) is 5.75. The van der Waals surface area contributed by atoms with Crippen molar-refractivity contribution < 1.29 is 30.6 Å². The van der Waals surface area contributed by atoms with Gasteiger partial charge in [0.15, 0.2) is 8.32 Å². The van der Waals surface area contributed by atoms with E-state index in [4.69, 9.17) is 4.43 Å². The first-order chi connectivity index (χ1) is 13.8. The van der Waals surface area contributed by atoms with Crippen molar-refractivity contribution in [2.75, 3.05) is 0 Å². The Bertz CT molecular complexity index is 469. The Balaban J connectivity index is 0.000000661. The minimum Gasteiger partial charge on any atom is -0.500 e. The summed E-state index contributed by atoms with van der Waals surface area (Å²) in [7, 11) is -2.97. The molecule has 10 radical (unpaired) electrons. The molecule has 3 aliphatic carbocycles. The van der Waals surface area contributed by atoms with E-state index >= 15 is 0 Å². The molecular formula is C27H44OSi2Zr. The van der Waals surface area contributed by atoms with Crippen LogP contribution in [0.2, 0.25) is 37.8 Å². The van der Waals surface area contributed by atoms with Crippen LogP contribution in [0.1, 0.15) is 40.0 Å². The molecule has 0 aromatic rings. The number of hydrogen-bond donors (Lipinski definition) is 0. The van der Waals surface area contributed by atoms with Crippen molar-refractivity contribution in [3.8, 4) is 0 Å². The average molecular weight is 532 g/mol. The van der Waals surface area contributed by atoms with Gasteiger partial charge in [-0.3, -0.25) is 5.57 Å². The van der Waals surface area contributed by atoms with E-state index in [1.54, 1.807) is 0 Å². The third-order valence-corrected chi connectivity index (χ3v) is 11.3. The molecule has 0 amide bonds. The van der Waals surface area contributed by atoms with Gasteiger partial charge in [-0.05, 0) is 95.2 Å². The third kappa shape index (κ3) is 13.5. The fraction of sp³-hybridized carbons (Fsp3) is 0.519. The predicted molar refractivity (Wildman–Crippen MR) is 138 cm³/mol. The third-order valence-electron chi connectivity index (χ3n) is 5.73. The van der Waals surface area contributed by atoms with Gasteiger partial charge in [0.05, 0.1) is 0 Å². The minimum atomic E-state index is -1.69. The van der Waals surface area contributed by atoms with Crippen molar-refractivity contribution in [2.24, 2.45) is 5.92 Å². The first-order valence-corrected chi connectivity index (χ1v) is 17.7. The molecule has 3 saturated carbocycles. The minimum absolute atomic E-state index is 0.